The van der Waals surface area contributed by atoms with E-state index in [9.17, 15) is 23.6 Å². The standard InChI is InChI=1S/C24H21FN4O6S/c1-14(30)34-17-6-2-15(3-7-17)4-9-21(31)26-11-18-12-29(24(33)35-18)20-8-5-16(10-19(20)25)23-28-27-22(32)13-36-23/h2-10,18H,11-13H2,1H3,(H,26,31)(H,27,32)/b9-4+. The largest absolute Gasteiger partial charge is 0.442 e. The Hall–Kier alpha value is -4.19. The zero-order valence-electron chi connectivity index (χ0n) is 19.0. The van der Waals surface area contributed by atoms with Crippen LogP contribution in [0.3, 0.4) is 0 Å². The maximum atomic E-state index is 14.8. The van der Waals surface area contributed by atoms with Crippen LogP contribution in [0.15, 0.2) is 53.6 Å². The number of cyclic esters (lactones) is 1. The molecule has 2 aliphatic heterocycles. The van der Waals surface area contributed by atoms with Gasteiger partial charge in [-0.15, -0.1) is 0 Å². The summed E-state index contributed by atoms with van der Waals surface area (Å²) in [6, 6.07) is 10.9. The first kappa shape index (κ1) is 24.9. The number of halogens is 1. The SMILES string of the molecule is CC(=O)Oc1ccc(/C=C/C(=O)NCC2CN(c3ccc(C4=NNC(=O)CS4)cc3F)C(=O)O2)cc1. The quantitative estimate of drug-likeness (QED) is 0.332. The number of esters is 1. The zero-order chi connectivity index (χ0) is 25.7. The third kappa shape index (κ3) is 6.27. The molecule has 186 valence electrons. The second kappa shape index (κ2) is 11.0. The lowest BCUT2D eigenvalue weighted by Crippen LogP contribution is -2.33. The number of nitrogens with one attached hydrogen (secondary N) is 2. The number of amides is 3. The number of thioether (sulfide) groups is 1. The van der Waals surface area contributed by atoms with Gasteiger partial charge in [-0.2, -0.15) is 5.10 Å². The molecule has 36 heavy (non-hydrogen) atoms. The maximum Gasteiger partial charge on any atom is 0.414 e. The summed E-state index contributed by atoms with van der Waals surface area (Å²) < 4.78 is 25.0. The number of anilines is 1. The molecule has 0 saturated carbocycles. The smallest absolute Gasteiger partial charge is 0.414 e. The van der Waals surface area contributed by atoms with E-state index in [2.05, 4.69) is 15.8 Å². The van der Waals surface area contributed by atoms with Crippen LogP contribution in [0.25, 0.3) is 6.08 Å². The molecule has 2 N–H and O–H groups in total. The summed E-state index contributed by atoms with van der Waals surface area (Å²) in [4.78, 5) is 47.8. The topological polar surface area (TPSA) is 126 Å². The predicted octanol–water partition coefficient (Wildman–Crippen LogP) is 2.43. The molecule has 0 radical (unpaired) electrons. The summed E-state index contributed by atoms with van der Waals surface area (Å²) in [6.45, 7) is 1.41. The number of carbonyl (C=O) groups excluding carboxylic acids is 4. The van der Waals surface area contributed by atoms with E-state index in [1.54, 1.807) is 36.4 Å². The van der Waals surface area contributed by atoms with Crippen LogP contribution in [0.2, 0.25) is 0 Å². The van der Waals surface area contributed by atoms with Crippen molar-refractivity contribution in [1.29, 1.82) is 0 Å². The number of hydrogen-bond donors (Lipinski definition) is 2. The highest BCUT2D eigenvalue weighted by molar-refractivity contribution is 8.15. The van der Waals surface area contributed by atoms with Crippen molar-refractivity contribution in [3.8, 4) is 5.75 Å². The molecule has 2 aliphatic rings. The van der Waals surface area contributed by atoms with Crippen LogP contribution in [0.1, 0.15) is 18.1 Å². The molecule has 10 nitrogen and oxygen atoms in total. The second-order valence-corrected chi connectivity index (χ2v) is 8.73. The highest BCUT2D eigenvalue weighted by Gasteiger charge is 2.34. The Morgan fingerprint density at radius 1 is 1.28 bits per heavy atom. The van der Waals surface area contributed by atoms with Crippen molar-refractivity contribution in [3.63, 3.8) is 0 Å². The van der Waals surface area contributed by atoms with Gasteiger partial charge in [0.05, 0.1) is 24.5 Å². The van der Waals surface area contributed by atoms with Gasteiger partial charge in [0.25, 0.3) is 5.91 Å². The van der Waals surface area contributed by atoms with Gasteiger partial charge in [-0.1, -0.05) is 23.9 Å². The highest BCUT2D eigenvalue weighted by atomic mass is 32.2. The van der Waals surface area contributed by atoms with Gasteiger partial charge in [-0.3, -0.25) is 19.3 Å². The Balaban J connectivity index is 1.30. The minimum atomic E-state index is -0.721. The minimum Gasteiger partial charge on any atom is -0.442 e. The molecule has 1 unspecified atom stereocenters. The summed E-state index contributed by atoms with van der Waals surface area (Å²) in [5.41, 5.74) is 3.59. The number of benzene rings is 2. The van der Waals surface area contributed by atoms with Gasteiger partial charge in [0.15, 0.2) is 0 Å². The molecule has 0 aromatic heterocycles. The average molecular weight is 513 g/mol. The molecule has 1 fully saturated rings. The zero-order valence-corrected chi connectivity index (χ0v) is 19.8. The Bertz CT molecular complexity index is 1260. The third-order valence-electron chi connectivity index (χ3n) is 5.05. The van der Waals surface area contributed by atoms with Crippen LogP contribution < -0.4 is 20.4 Å². The summed E-state index contributed by atoms with van der Waals surface area (Å²) >= 11 is 1.19. The molecule has 0 aliphatic carbocycles. The van der Waals surface area contributed by atoms with Crippen LogP contribution in [0.5, 0.6) is 5.75 Å². The Morgan fingerprint density at radius 2 is 2.06 bits per heavy atom. The van der Waals surface area contributed by atoms with E-state index < -0.39 is 29.9 Å². The van der Waals surface area contributed by atoms with Crippen molar-refractivity contribution in [2.24, 2.45) is 5.10 Å². The molecule has 4 rings (SSSR count). The minimum absolute atomic E-state index is 0.0418. The molecule has 1 atom stereocenters. The molecule has 3 amide bonds. The lowest BCUT2D eigenvalue weighted by Gasteiger charge is -2.16. The fourth-order valence-electron chi connectivity index (χ4n) is 3.40. The van der Waals surface area contributed by atoms with E-state index in [-0.39, 0.29) is 30.4 Å². The Morgan fingerprint density at radius 3 is 2.72 bits per heavy atom. The van der Waals surface area contributed by atoms with Gasteiger partial charge < -0.3 is 14.8 Å². The normalized spacial score (nSPS) is 17.4. The molecule has 2 aromatic carbocycles. The van der Waals surface area contributed by atoms with E-state index in [4.69, 9.17) is 9.47 Å². The average Bonchev–Trinajstić information content (AvgIpc) is 3.22. The van der Waals surface area contributed by atoms with Gasteiger partial charge in [0.1, 0.15) is 22.7 Å². The molecule has 2 aromatic rings. The van der Waals surface area contributed by atoms with Crippen molar-refractivity contribution in [2.75, 3.05) is 23.7 Å². The molecule has 2 heterocycles. The van der Waals surface area contributed by atoms with E-state index in [0.29, 0.717) is 16.4 Å². The molecule has 0 spiro atoms. The lowest BCUT2D eigenvalue weighted by atomic mass is 10.2. The molecule has 0 bridgehead atoms. The van der Waals surface area contributed by atoms with Crippen LogP contribution in [0.4, 0.5) is 14.9 Å². The first-order chi connectivity index (χ1) is 17.3. The van der Waals surface area contributed by atoms with E-state index in [1.807, 2.05) is 0 Å². The Labute approximate surface area is 209 Å². The highest BCUT2D eigenvalue weighted by Crippen LogP contribution is 2.27. The van der Waals surface area contributed by atoms with E-state index in [1.165, 1.54) is 36.9 Å². The summed E-state index contributed by atoms with van der Waals surface area (Å²) in [7, 11) is 0. The van der Waals surface area contributed by atoms with Crippen molar-refractivity contribution < 1.29 is 33.0 Å². The first-order valence-corrected chi connectivity index (χ1v) is 11.8. The van der Waals surface area contributed by atoms with E-state index >= 15 is 0 Å². The molecule has 12 heteroatoms. The van der Waals surface area contributed by atoms with Gasteiger partial charge in [0.2, 0.25) is 5.91 Å². The number of hydrogen-bond acceptors (Lipinski definition) is 8. The van der Waals surface area contributed by atoms with Gasteiger partial charge in [0, 0.05) is 18.6 Å². The third-order valence-corrected chi connectivity index (χ3v) is 6.06. The van der Waals surface area contributed by atoms with Crippen molar-refractivity contribution in [3.05, 3.63) is 65.5 Å². The van der Waals surface area contributed by atoms with Crippen LogP contribution in [0, 0.1) is 5.82 Å². The molecule has 1 saturated heterocycles. The van der Waals surface area contributed by atoms with Crippen LogP contribution >= 0.6 is 11.8 Å². The van der Waals surface area contributed by atoms with Gasteiger partial charge in [-0.05, 0) is 42.0 Å². The number of rotatable bonds is 7. The van der Waals surface area contributed by atoms with Crippen molar-refractivity contribution >= 4 is 52.4 Å². The monoisotopic (exact) mass is 512 g/mol. The van der Waals surface area contributed by atoms with Crippen molar-refractivity contribution in [1.82, 2.24) is 10.7 Å². The summed E-state index contributed by atoms with van der Waals surface area (Å²) in [5.74, 6) is -1.11. The summed E-state index contributed by atoms with van der Waals surface area (Å²) in [6.07, 6.45) is 1.52. The van der Waals surface area contributed by atoms with Crippen molar-refractivity contribution in [2.45, 2.75) is 13.0 Å². The number of hydrazone groups is 1. The van der Waals surface area contributed by atoms with E-state index in [0.717, 1.165) is 10.5 Å². The van der Waals surface area contributed by atoms with Crippen LogP contribution in [-0.2, 0) is 19.1 Å². The summed E-state index contributed by atoms with van der Waals surface area (Å²) in [5, 5.41) is 7.03. The molecular weight excluding hydrogens is 491 g/mol. The molecular formula is C24H21FN4O6S. The van der Waals surface area contributed by atoms with Gasteiger partial charge in [-0.25, -0.2) is 14.6 Å². The van der Waals surface area contributed by atoms with Crippen LogP contribution in [-0.4, -0.2) is 53.9 Å². The lowest BCUT2D eigenvalue weighted by molar-refractivity contribution is -0.132. The first-order valence-electron chi connectivity index (χ1n) is 10.8. The Kier molecular flexibility index (Phi) is 7.64. The predicted molar refractivity (Wildman–Crippen MR) is 131 cm³/mol. The number of carbonyl (C=O) groups is 4. The number of ether oxygens (including phenoxy) is 2. The maximum absolute atomic E-state index is 14.8. The number of nitrogens with zero attached hydrogens (tertiary/aromatic N) is 2. The fourth-order valence-corrected chi connectivity index (χ4v) is 4.14. The second-order valence-electron chi connectivity index (χ2n) is 7.76. The fraction of sp³-hybridized carbons (Fsp3) is 0.208. The van der Waals surface area contributed by atoms with Gasteiger partial charge >= 0.3 is 12.1 Å².